The molecule has 126 valence electrons. The van der Waals surface area contributed by atoms with E-state index in [1.165, 1.54) is 12.3 Å². The molecule has 0 radical (unpaired) electrons. The van der Waals surface area contributed by atoms with Gasteiger partial charge in [-0.2, -0.15) is 0 Å². The molecule has 0 spiro atoms. The first-order valence-corrected chi connectivity index (χ1v) is 8.25. The summed E-state index contributed by atoms with van der Waals surface area (Å²) < 4.78 is 0.540. The molecule has 3 aromatic rings. The Labute approximate surface area is 143 Å². The van der Waals surface area contributed by atoms with E-state index in [4.69, 9.17) is 0 Å². The SMILES string of the molecule is O=C(c1cccc(-c2cc(=O)n(O)c3ncccc23)c1)N1CCCC1. The van der Waals surface area contributed by atoms with Gasteiger partial charge in [0, 0.05) is 36.3 Å². The highest BCUT2D eigenvalue weighted by atomic mass is 16.5. The average molecular weight is 335 g/mol. The van der Waals surface area contributed by atoms with Crippen molar-refractivity contribution in [1.82, 2.24) is 14.6 Å². The van der Waals surface area contributed by atoms with Gasteiger partial charge in [0.2, 0.25) is 0 Å². The van der Waals surface area contributed by atoms with Gasteiger partial charge >= 0.3 is 0 Å². The van der Waals surface area contributed by atoms with Crippen molar-refractivity contribution < 1.29 is 10.0 Å². The minimum Gasteiger partial charge on any atom is -0.423 e. The number of nitrogens with zero attached hydrogens (tertiary/aromatic N) is 3. The summed E-state index contributed by atoms with van der Waals surface area (Å²) in [5, 5.41) is 10.5. The maximum Gasteiger partial charge on any atom is 0.285 e. The zero-order valence-electron chi connectivity index (χ0n) is 13.6. The Morgan fingerprint density at radius 1 is 1.08 bits per heavy atom. The van der Waals surface area contributed by atoms with Gasteiger partial charge in [-0.25, -0.2) is 4.98 Å². The van der Waals surface area contributed by atoms with Crippen LogP contribution in [0.3, 0.4) is 0 Å². The van der Waals surface area contributed by atoms with Gasteiger partial charge in [0.05, 0.1) is 0 Å². The summed E-state index contributed by atoms with van der Waals surface area (Å²) in [5.41, 5.74) is 1.64. The normalized spacial score (nSPS) is 14.2. The van der Waals surface area contributed by atoms with Crippen molar-refractivity contribution >= 4 is 16.9 Å². The van der Waals surface area contributed by atoms with Crippen molar-refractivity contribution in [3.05, 3.63) is 64.6 Å². The van der Waals surface area contributed by atoms with E-state index in [1.54, 1.807) is 24.3 Å². The molecule has 1 aromatic carbocycles. The Balaban J connectivity index is 1.84. The van der Waals surface area contributed by atoms with Gasteiger partial charge in [-0.1, -0.05) is 12.1 Å². The van der Waals surface area contributed by atoms with E-state index in [0.29, 0.717) is 21.2 Å². The van der Waals surface area contributed by atoms with Crippen LogP contribution in [0, 0.1) is 0 Å². The lowest BCUT2D eigenvalue weighted by Gasteiger charge is -2.16. The fourth-order valence-corrected chi connectivity index (χ4v) is 3.30. The van der Waals surface area contributed by atoms with Crippen LogP contribution in [0.5, 0.6) is 0 Å². The third-order valence-electron chi connectivity index (χ3n) is 4.57. The highest BCUT2D eigenvalue weighted by Crippen LogP contribution is 2.27. The summed E-state index contributed by atoms with van der Waals surface area (Å²) in [4.78, 5) is 30.6. The van der Waals surface area contributed by atoms with Gasteiger partial charge < -0.3 is 10.1 Å². The maximum absolute atomic E-state index is 12.6. The maximum atomic E-state index is 12.6. The molecular weight excluding hydrogens is 318 g/mol. The lowest BCUT2D eigenvalue weighted by Crippen LogP contribution is -2.27. The molecule has 2 aromatic heterocycles. The molecule has 0 saturated carbocycles. The number of benzene rings is 1. The van der Waals surface area contributed by atoms with Crippen molar-refractivity contribution in [1.29, 1.82) is 0 Å². The van der Waals surface area contributed by atoms with Crippen LogP contribution in [0.25, 0.3) is 22.2 Å². The number of aromatic nitrogens is 2. The van der Waals surface area contributed by atoms with Crippen LogP contribution in [-0.4, -0.2) is 38.8 Å². The Bertz CT molecular complexity index is 1020. The number of likely N-dealkylation sites (tertiary alicyclic amines) is 1. The van der Waals surface area contributed by atoms with Crippen molar-refractivity contribution in [2.24, 2.45) is 0 Å². The number of carbonyl (C=O) groups is 1. The predicted molar refractivity (Wildman–Crippen MR) is 93.8 cm³/mol. The number of carbonyl (C=O) groups excluding carboxylic acids is 1. The van der Waals surface area contributed by atoms with Crippen LogP contribution in [0.1, 0.15) is 23.2 Å². The Morgan fingerprint density at radius 3 is 2.68 bits per heavy atom. The monoisotopic (exact) mass is 335 g/mol. The van der Waals surface area contributed by atoms with Gasteiger partial charge in [-0.05, 0) is 48.2 Å². The van der Waals surface area contributed by atoms with Crippen molar-refractivity contribution in [3.8, 4) is 11.1 Å². The Morgan fingerprint density at radius 2 is 1.88 bits per heavy atom. The zero-order valence-corrected chi connectivity index (χ0v) is 13.6. The molecule has 0 atom stereocenters. The number of fused-ring (bicyclic) bond motifs is 1. The van der Waals surface area contributed by atoms with Crippen molar-refractivity contribution in [2.45, 2.75) is 12.8 Å². The Kier molecular flexibility index (Phi) is 3.72. The topological polar surface area (TPSA) is 75.4 Å². The number of hydrogen-bond donors (Lipinski definition) is 1. The molecule has 1 amide bonds. The van der Waals surface area contributed by atoms with E-state index in [1.807, 2.05) is 17.0 Å². The summed E-state index contributed by atoms with van der Waals surface area (Å²) in [6.45, 7) is 1.58. The van der Waals surface area contributed by atoms with Crippen LogP contribution in [0.15, 0.2) is 53.5 Å². The summed E-state index contributed by atoms with van der Waals surface area (Å²) in [7, 11) is 0. The predicted octanol–water partition coefficient (Wildman–Crippen LogP) is 2.54. The summed E-state index contributed by atoms with van der Waals surface area (Å²) in [6, 6.07) is 12.1. The number of amides is 1. The number of pyridine rings is 2. The molecule has 1 saturated heterocycles. The van der Waals surface area contributed by atoms with Crippen LogP contribution in [-0.2, 0) is 0 Å². The minimum atomic E-state index is -0.558. The second kappa shape index (κ2) is 6.05. The highest BCUT2D eigenvalue weighted by Gasteiger charge is 2.20. The lowest BCUT2D eigenvalue weighted by atomic mass is 10.0. The standard InChI is InChI=1S/C19H17N3O3/c23-17-12-16(15-7-4-8-20-18(15)22(17)25)13-5-3-6-14(11-13)19(24)21-9-1-2-10-21/h3-8,11-12,25H,1-2,9-10H2. The van der Waals surface area contributed by atoms with Gasteiger partial charge in [-0.15, -0.1) is 4.73 Å². The van der Waals surface area contributed by atoms with Crippen LogP contribution in [0.2, 0.25) is 0 Å². The molecule has 4 rings (SSSR count). The lowest BCUT2D eigenvalue weighted by molar-refractivity contribution is 0.0793. The van der Waals surface area contributed by atoms with E-state index >= 15 is 0 Å². The first kappa shape index (κ1) is 15.4. The van der Waals surface area contributed by atoms with Crippen molar-refractivity contribution in [3.63, 3.8) is 0 Å². The van der Waals surface area contributed by atoms with Crippen LogP contribution >= 0.6 is 0 Å². The molecule has 0 bridgehead atoms. The molecule has 6 heteroatoms. The molecular formula is C19H17N3O3. The first-order valence-electron chi connectivity index (χ1n) is 8.25. The third kappa shape index (κ3) is 2.65. The van der Waals surface area contributed by atoms with Gasteiger partial charge in [0.15, 0.2) is 5.65 Å². The molecule has 1 aliphatic heterocycles. The highest BCUT2D eigenvalue weighted by molar-refractivity contribution is 5.98. The van der Waals surface area contributed by atoms with E-state index in [2.05, 4.69) is 4.98 Å². The molecule has 0 aliphatic carbocycles. The second-order valence-corrected chi connectivity index (χ2v) is 6.16. The minimum absolute atomic E-state index is 0.0114. The van der Waals surface area contributed by atoms with E-state index < -0.39 is 5.56 Å². The zero-order chi connectivity index (χ0) is 17.4. The Hall–Kier alpha value is -3.15. The molecule has 1 aliphatic rings. The first-order chi connectivity index (χ1) is 12.1. The molecule has 1 N–H and O–H groups in total. The van der Waals surface area contributed by atoms with Gasteiger partial charge in [0.1, 0.15) is 0 Å². The molecule has 0 unspecified atom stereocenters. The van der Waals surface area contributed by atoms with E-state index in [9.17, 15) is 14.8 Å². The molecule has 1 fully saturated rings. The van der Waals surface area contributed by atoms with E-state index in [0.717, 1.165) is 31.5 Å². The second-order valence-electron chi connectivity index (χ2n) is 6.16. The van der Waals surface area contributed by atoms with E-state index in [-0.39, 0.29) is 11.6 Å². The number of hydrogen-bond acceptors (Lipinski definition) is 4. The van der Waals surface area contributed by atoms with Crippen molar-refractivity contribution in [2.75, 3.05) is 13.1 Å². The summed E-state index contributed by atoms with van der Waals surface area (Å²) >= 11 is 0. The average Bonchev–Trinajstić information content (AvgIpc) is 3.19. The quantitative estimate of drug-likeness (QED) is 0.730. The van der Waals surface area contributed by atoms with Crippen LogP contribution in [0.4, 0.5) is 0 Å². The number of rotatable bonds is 2. The summed E-state index contributed by atoms with van der Waals surface area (Å²) in [5.74, 6) is 0.0114. The van der Waals surface area contributed by atoms with Gasteiger partial charge in [0.25, 0.3) is 11.5 Å². The summed E-state index contributed by atoms with van der Waals surface area (Å²) in [6.07, 6.45) is 3.60. The third-order valence-corrected chi connectivity index (χ3v) is 4.57. The fraction of sp³-hybridized carbons (Fsp3) is 0.211. The molecule has 6 nitrogen and oxygen atoms in total. The smallest absolute Gasteiger partial charge is 0.285 e. The van der Waals surface area contributed by atoms with Gasteiger partial charge in [-0.3, -0.25) is 9.59 Å². The molecule has 25 heavy (non-hydrogen) atoms. The largest absolute Gasteiger partial charge is 0.423 e. The van der Waals surface area contributed by atoms with Crippen LogP contribution < -0.4 is 5.56 Å². The fourth-order valence-electron chi connectivity index (χ4n) is 3.30. The molecule has 3 heterocycles.